The first kappa shape index (κ1) is 16.0. The van der Waals surface area contributed by atoms with Crippen LogP contribution in [0.3, 0.4) is 0 Å². The van der Waals surface area contributed by atoms with Crippen LogP contribution in [0.2, 0.25) is 0 Å². The number of benzene rings is 2. The average Bonchev–Trinajstić information content (AvgIpc) is 3.11. The van der Waals surface area contributed by atoms with E-state index in [0.717, 1.165) is 29.5 Å². The van der Waals surface area contributed by atoms with Crippen LogP contribution in [0.15, 0.2) is 67.0 Å². The number of hydrogen-bond donors (Lipinski definition) is 3. The van der Waals surface area contributed by atoms with Gasteiger partial charge in [-0.1, -0.05) is 42.5 Å². The molecular formula is C20H20N4S. The number of thiocarbonyl (C=S) groups is 1. The predicted molar refractivity (Wildman–Crippen MR) is 107 cm³/mol. The van der Waals surface area contributed by atoms with Crippen LogP contribution in [0.5, 0.6) is 0 Å². The van der Waals surface area contributed by atoms with Gasteiger partial charge in [-0.25, -0.2) is 0 Å². The van der Waals surface area contributed by atoms with Gasteiger partial charge in [-0.15, -0.1) is 0 Å². The highest BCUT2D eigenvalue weighted by atomic mass is 32.1. The number of nitrogens with one attached hydrogen (secondary N) is 3. The maximum Gasteiger partial charge on any atom is 0.171 e. The smallest absolute Gasteiger partial charge is 0.171 e. The Morgan fingerprint density at radius 2 is 1.92 bits per heavy atom. The molecule has 2 aromatic carbocycles. The fourth-order valence-electron chi connectivity index (χ4n) is 3.44. The van der Waals surface area contributed by atoms with E-state index in [1.54, 1.807) is 6.20 Å². The van der Waals surface area contributed by atoms with Crippen LogP contribution in [0, 0.1) is 0 Å². The average molecular weight is 348 g/mol. The molecule has 2 unspecified atom stereocenters. The molecule has 1 aliphatic rings. The van der Waals surface area contributed by atoms with E-state index in [9.17, 15) is 0 Å². The Hall–Kier alpha value is -2.50. The van der Waals surface area contributed by atoms with Crippen molar-refractivity contribution in [2.24, 2.45) is 0 Å². The molecular weight excluding hydrogens is 328 g/mol. The van der Waals surface area contributed by atoms with Crippen molar-refractivity contribution in [2.75, 3.05) is 18.4 Å². The first-order chi connectivity index (χ1) is 12.3. The van der Waals surface area contributed by atoms with Gasteiger partial charge in [0.2, 0.25) is 0 Å². The van der Waals surface area contributed by atoms with Crippen molar-refractivity contribution in [3.8, 4) is 0 Å². The van der Waals surface area contributed by atoms with E-state index in [1.807, 2.05) is 24.4 Å². The van der Waals surface area contributed by atoms with Gasteiger partial charge in [0.1, 0.15) is 0 Å². The monoisotopic (exact) mass is 348 g/mol. The number of pyridine rings is 1. The Labute approximate surface area is 152 Å². The highest BCUT2D eigenvalue weighted by Crippen LogP contribution is 2.24. The van der Waals surface area contributed by atoms with Crippen LogP contribution < -0.4 is 16.0 Å². The lowest BCUT2D eigenvalue weighted by Crippen LogP contribution is -2.41. The summed E-state index contributed by atoms with van der Waals surface area (Å²) in [6.07, 6.45) is 3.67. The molecule has 0 amide bonds. The van der Waals surface area contributed by atoms with Gasteiger partial charge in [0.25, 0.3) is 0 Å². The van der Waals surface area contributed by atoms with Crippen molar-refractivity contribution in [1.82, 2.24) is 15.6 Å². The maximum absolute atomic E-state index is 5.57. The number of fused-ring (bicyclic) bond motifs is 1. The van der Waals surface area contributed by atoms with Gasteiger partial charge in [0.15, 0.2) is 5.11 Å². The van der Waals surface area contributed by atoms with E-state index in [0.29, 0.717) is 11.0 Å². The lowest BCUT2D eigenvalue weighted by molar-refractivity contribution is 0.597. The van der Waals surface area contributed by atoms with Crippen molar-refractivity contribution in [2.45, 2.75) is 12.0 Å². The SMILES string of the molecule is S=C(Nc1cccc2cnccc12)NC1CNCC1c1ccccc1. The van der Waals surface area contributed by atoms with Gasteiger partial charge < -0.3 is 16.0 Å². The molecule has 1 aliphatic heterocycles. The Morgan fingerprint density at radius 3 is 2.80 bits per heavy atom. The molecule has 4 rings (SSSR count). The lowest BCUT2D eigenvalue weighted by atomic mass is 9.94. The van der Waals surface area contributed by atoms with Crippen molar-refractivity contribution in [3.05, 3.63) is 72.6 Å². The van der Waals surface area contributed by atoms with Crippen molar-refractivity contribution in [1.29, 1.82) is 0 Å². The molecule has 25 heavy (non-hydrogen) atoms. The number of rotatable bonds is 3. The lowest BCUT2D eigenvalue weighted by Gasteiger charge is -2.22. The fourth-order valence-corrected chi connectivity index (χ4v) is 3.70. The van der Waals surface area contributed by atoms with Crippen LogP contribution in [0.4, 0.5) is 5.69 Å². The highest BCUT2D eigenvalue weighted by Gasteiger charge is 2.28. The highest BCUT2D eigenvalue weighted by molar-refractivity contribution is 7.80. The molecule has 4 nitrogen and oxygen atoms in total. The largest absolute Gasteiger partial charge is 0.358 e. The Morgan fingerprint density at radius 1 is 1.04 bits per heavy atom. The van der Waals surface area contributed by atoms with Gasteiger partial charge in [0.05, 0.1) is 0 Å². The molecule has 0 saturated carbocycles. The number of nitrogens with zero attached hydrogens (tertiary/aromatic N) is 1. The summed E-state index contributed by atoms with van der Waals surface area (Å²) in [6.45, 7) is 1.87. The normalized spacial score (nSPS) is 19.7. The van der Waals surface area contributed by atoms with E-state index in [4.69, 9.17) is 12.2 Å². The molecule has 2 atom stereocenters. The number of anilines is 1. The zero-order chi connectivity index (χ0) is 17.1. The summed E-state index contributed by atoms with van der Waals surface area (Å²) in [5.41, 5.74) is 2.34. The summed E-state index contributed by atoms with van der Waals surface area (Å²) in [7, 11) is 0. The summed E-state index contributed by atoms with van der Waals surface area (Å²) in [5.74, 6) is 0.415. The van der Waals surface area contributed by atoms with Crippen LogP contribution in [0.25, 0.3) is 10.8 Å². The predicted octanol–water partition coefficient (Wildman–Crippen LogP) is 3.28. The van der Waals surface area contributed by atoms with Crippen molar-refractivity contribution in [3.63, 3.8) is 0 Å². The number of hydrogen-bond acceptors (Lipinski definition) is 3. The number of aromatic nitrogens is 1. The Balaban J connectivity index is 1.48. The molecule has 1 fully saturated rings. The minimum atomic E-state index is 0.277. The molecule has 0 spiro atoms. The van der Waals surface area contributed by atoms with Gasteiger partial charge in [0, 0.05) is 53.9 Å². The summed E-state index contributed by atoms with van der Waals surface area (Å²) >= 11 is 5.57. The quantitative estimate of drug-likeness (QED) is 0.634. The molecule has 1 saturated heterocycles. The third kappa shape index (κ3) is 3.48. The third-order valence-corrected chi connectivity index (χ3v) is 4.91. The van der Waals surface area contributed by atoms with E-state index in [2.05, 4.69) is 57.3 Å². The van der Waals surface area contributed by atoms with Crippen LogP contribution in [-0.4, -0.2) is 29.2 Å². The minimum absolute atomic E-state index is 0.277. The summed E-state index contributed by atoms with van der Waals surface area (Å²) in [6, 6.07) is 19.0. The Bertz CT molecular complexity index is 876. The molecule has 0 bridgehead atoms. The van der Waals surface area contributed by atoms with Crippen LogP contribution in [-0.2, 0) is 0 Å². The molecule has 3 N–H and O–H groups in total. The summed E-state index contributed by atoms with van der Waals surface area (Å²) in [4.78, 5) is 4.18. The van der Waals surface area contributed by atoms with Gasteiger partial charge in [-0.05, 0) is 29.9 Å². The molecule has 0 aliphatic carbocycles. The zero-order valence-corrected chi connectivity index (χ0v) is 14.6. The molecule has 2 heterocycles. The molecule has 1 aromatic heterocycles. The summed E-state index contributed by atoms with van der Waals surface area (Å²) < 4.78 is 0. The standard InChI is InChI=1S/C20H20N4S/c25-20(23-18-8-4-7-15-11-21-10-9-16(15)18)24-19-13-22-12-17(19)14-5-2-1-3-6-14/h1-11,17,19,22H,12-13H2,(H2,23,24,25). The first-order valence-corrected chi connectivity index (χ1v) is 8.88. The van der Waals surface area contributed by atoms with Gasteiger partial charge in [-0.2, -0.15) is 0 Å². The zero-order valence-electron chi connectivity index (χ0n) is 13.8. The second-order valence-corrected chi connectivity index (χ2v) is 6.69. The van der Waals surface area contributed by atoms with E-state index in [-0.39, 0.29) is 6.04 Å². The van der Waals surface area contributed by atoms with Gasteiger partial charge in [-0.3, -0.25) is 4.98 Å². The first-order valence-electron chi connectivity index (χ1n) is 8.47. The maximum atomic E-state index is 5.57. The van der Waals surface area contributed by atoms with E-state index >= 15 is 0 Å². The molecule has 126 valence electrons. The molecule has 5 heteroatoms. The van der Waals surface area contributed by atoms with E-state index in [1.165, 1.54) is 5.56 Å². The third-order valence-electron chi connectivity index (χ3n) is 4.69. The van der Waals surface area contributed by atoms with Crippen LogP contribution >= 0.6 is 12.2 Å². The fraction of sp³-hybridized carbons (Fsp3) is 0.200. The van der Waals surface area contributed by atoms with Crippen molar-refractivity contribution >= 4 is 33.8 Å². The van der Waals surface area contributed by atoms with E-state index < -0.39 is 0 Å². The minimum Gasteiger partial charge on any atom is -0.358 e. The topological polar surface area (TPSA) is 49.0 Å². The second kappa shape index (κ2) is 7.17. The van der Waals surface area contributed by atoms with Crippen LogP contribution in [0.1, 0.15) is 11.5 Å². The molecule has 0 radical (unpaired) electrons. The van der Waals surface area contributed by atoms with Gasteiger partial charge >= 0.3 is 0 Å². The second-order valence-electron chi connectivity index (χ2n) is 6.28. The van der Waals surface area contributed by atoms with Crippen molar-refractivity contribution < 1.29 is 0 Å². The summed E-state index contributed by atoms with van der Waals surface area (Å²) in [5, 5.41) is 13.2. The Kier molecular flexibility index (Phi) is 4.59. The molecule has 3 aromatic rings.